The first kappa shape index (κ1) is 24.6. The number of allylic oxidation sites excluding steroid dienone is 5. The van der Waals surface area contributed by atoms with Gasteiger partial charge in [-0.25, -0.2) is 14.2 Å². The Morgan fingerprint density at radius 1 is 1.17 bits per heavy atom. The zero-order valence-corrected chi connectivity index (χ0v) is 20.6. The van der Waals surface area contributed by atoms with Gasteiger partial charge in [0.05, 0.1) is 28.2 Å². The Hall–Kier alpha value is -3.56. The van der Waals surface area contributed by atoms with Gasteiger partial charge in [0.1, 0.15) is 11.4 Å². The molecule has 3 N–H and O–H groups in total. The van der Waals surface area contributed by atoms with Crippen molar-refractivity contribution in [3.05, 3.63) is 87.5 Å². The summed E-state index contributed by atoms with van der Waals surface area (Å²) < 4.78 is 25.4. The minimum atomic E-state index is -0.643. The number of carbonyl (C=O) groups is 1. The first-order valence-corrected chi connectivity index (χ1v) is 11.3. The minimum absolute atomic E-state index is 0.0276. The third-order valence-corrected chi connectivity index (χ3v) is 5.43. The van der Waals surface area contributed by atoms with E-state index < -0.39 is 17.5 Å². The summed E-state index contributed by atoms with van der Waals surface area (Å²) in [5.74, 6) is 0.0611. The average Bonchev–Trinajstić information content (AvgIpc) is 2.78. The Morgan fingerprint density at radius 2 is 1.97 bits per heavy atom. The van der Waals surface area contributed by atoms with Crippen molar-refractivity contribution in [2.24, 2.45) is 0 Å². The van der Waals surface area contributed by atoms with Gasteiger partial charge in [0, 0.05) is 23.4 Å². The number of anilines is 3. The summed E-state index contributed by atoms with van der Waals surface area (Å²) >= 11 is 12.0. The van der Waals surface area contributed by atoms with E-state index >= 15 is 0 Å². The maximum atomic E-state index is 14.5. The molecule has 0 unspecified atom stereocenters. The van der Waals surface area contributed by atoms with Crippen molar-refractivity contribution in [3.8, 4) is 0 Å². The zero-order valence-electron chi connectivity index (χ0n) is 19.1. The lowest BCUT2D eigenvalue weighted by molar-refractivity contribution is 0.0546. The molecule has 1 aliphatic heterocycles. The van der Waals surface area contributed by atoms with Gasteiger partial charge in [0.2, 0.25) is 5.95 Å². The molecule has 35 heavy (non-hydrogen) atoms. The lowest BCUT2D eigenvalue weighted by Gasteiger charge is -2.25. The largest absolute Gasteiger partial charge is 0.465 e. The van der Waals surface area contributed by atoms with Gasteiger partial charge >= 0.3 is 6.09 Å². The number of aromatic nitrogens is 2. The van der Waals surface area contributed by atoms with Crippen molar-refractivity contribution in [2.45, 2.75) is 32.8 Å². The van der Waals surface area contributed by atoms with Gasteiger partial charge in [0.25, 0.3) is 0 Å². The maximum absolute atomic E-state index is 14.5. The lowest BCUT2D eigenvalue weighted by Crippen LogP contribution is -2.33. The maximum Gasteiger partial charge on any atom is 0.412 e. The van der Waals surface area contributed by atoms with E-state index in [0.717, 1.165) is 6.20 Å². The van der Waals surface area contributed by atoms with Crippen LogP contribution in [0.15, 0.2) is 71.6 Å². The molecule has 0 saturated carbocycles. The number of fused-ring (bicyclic) bond motifs is 1. The van der Waals surface area contributed by atoms with Gasteiger partial charge in [-0.1, -0.05) is 23.2 Å². The molecule has 0 saturated heterocycles. The van der Waals surface area contributed by atoms with E-state index in [1.165, 1.54) is 6.26 Å². The number of hydrogen-bond donors (Lipinski definition) is 3. The molecule has 0 bridgehead atoms. The second kappa shape index (κ2) is 9.97. The number of hydrogen-bond acceptors (Lipinski definition) is 7. The molecule has 1 aromatic carbocycles. The van der Waals surface area contributed by atoms with E-state index in [4.69, 9.17) is 32.7 Å². The number of halogens is 3. The van der Waals surface area contributed by atoms with E-state index in [1.807, 2.05) is 0 Å². The zero-order chi connectivity index (χ0) is 25.2. The van der Waals surface area contributed by atoms with Crippen LogP contribution >= 0.6 is 23.2 Å². The van der Waals surface area contributed by atoms with Crippen LogP contribution < -0.4 is 16.0 Å². The van der Waals surface area contributed by atoms with Gasteiger partial charge in [-0.2, -0.15) is 4.98 Å². The number of benzene rings is 1. The van der Waals surface area contributed by atoms with Gasteiger partial charge in [-0.3, -0.25) is 5.32 Å². The van der Waals surface area contributed by atoms with Crippen LogP contribution in [0, 0.1) is 5.82 Å². The third-order valence-electron chi connectivity index (χ3n) is 4.69. The molecule has 11 heteroatoms. The predicted molar refractivity (Wildman–Crippen MR) is 133 cm³/mol. The van der Waals surface area contributed by atoms with E-state index in [-0.39, 0.29) is 11.8 Å². The SMILES string of the molecule is CC(C)(C)OC(=O)NC1=C2CC(Nc3nc(Nc4ccc(Cl)c(Cl)c4)ncc3F)=CC=C2OC=C1. The second-order valence-corrected chi connectivity index (χ2v) is 9.42. The number of nitrogens with zero attached hydrogens (tertiary/aromatic N) is 2. The molecule has 0 radical (unpaired) electrons. The summed E-state index contributed by atoms with van der Waals surface area (Å²) in [5, 5.41) is 9.46. The number of ether oxygens (including phenoxy) is 2. The Bertz CT molecular complexity index is 1300. The van der Waals surface area contributed by atoms with E-state index in [9.17, 15) is 9.18 Å². The highest BCUT2D eigenvalue weighted by Crippen LogP contribution is 2.32. The Morgan fingerprint density at radius 3 is 2.71 bits per heavy atom. The summed E-state index contributed by atoms with van der Waals surface area (Å²) in [6, 6.07) is 4.94. The van der Waals surface area contributed by atoms with Gasteiger partial charge in [-0.05, 0) is 57.2 Å². The molecule has 0 atom stereocenters. The molecule has 4 rings (SSSR count). The molecule has 0 fully saturated rings. The summed E-state index contributed by atoms with van der Waals surface area (Å²) in [5.41, 5.74) is 1.80. The average molecular weight is 518 g/mol. The molecule has 0 spiro atoms. The molecule has 1 aliphatic carbocycles. The number of rotatable bonds is 5. The van der Waals surface area contributed by atoms with Crippen LogP contribution in [0.4, 0.5) is 26.6 Å². The van der Waals surface area contributed by atoms with Gasteiger partial charge in [-0.15, -0.1) is 0 Å². The highest BCUT2D eigenvalue weighted by atomic mass is 35.5. The van der Waals surface area contributed by atoms with Crippen LogP contribution in [-0.4, -0.2) is 21.7 Å². The fraction of sp³-hybridized carbons (Fsp3) is 0.208. The van der Waals surface area contributed by atoms with Crippen molar-refractivity contribution in [1.82, 2.24) is 15.3 Å². The predicted octanol–water partition coefficient (Wildman–Crippen LogP) is 6.57. The van der Waals surface area contributed by atoms with Crippen LogP contribution in [-0.2, 0) is 9.47 Å². The summed E-state index contributed by atoms with van der Waals surface area (Å²) in [7, 11) is 0. The highest BCUT2D eigenvalue weighted by Gasteiger charge is 2.24. The van der Waals surface area contributed by atoms with Crippen LogP contribution in [0.5, 0.6) is 0 Å². The molecular weight excluding hydrogens is 496 g/mol. The highest BCUT2D eigenvalue weighted by molar-refractivity contribution is 6.42. The molecule has 2 heterocycles. The van der Waals surface area contributed by atoms with Crippen LogP contribution in [0.2, 0.25) is 10.0 Å². The summed E-state index contributed by atoms with van der Waals surface area (Å²) in [6.45, 7) is 5.34. The first-order valence-electron chi connectivity index (χ1n) is 10.6. The standard InChI is InChI=1S/C24H22Cl2FN5O3/c1-24(2,3)35-23(33)31-19-8-9-34-20-7-5-13(10-15(19)20)29-21-18(27)12-28-22(32-21)30-14-4-6-16(25)17(26)11-14/h4-9,11-12H,10H2,1-3H3,(H,31,33)(H2,28,29,30,32). The molecule has 8 nitrogen and oxygen atoms in total. The number of carbonyl (C=O) groups excluding carboxylic acids is 1. The smallest absolute Gasteiger partial charge is 0.412 e. The fourth-order valence-corrected chi connectivity index (χ4v) is 3.51. The fourth-order valence-electron chi connectivity index (χ4n) is 3.21. The van der Waals surface area contributed by atoms with Gasteiger partial charge in [0.15, 0.2) is 11.6 Å². The molecule has 2 aromatic rings. The molecule has 182 valence electrons. The van der Waals surface area contributed by atoms with Gasteiger partial charge < -0.3 is 20.1 Å². The molecular formula is C24H22Cl2FN5O3. The summed E-state index contributed by atoms with van der Waals surface area (Å²) in [4.78, 5) is 20.5. The number of alkyl carbamates (subject to hydrolysis) is 1. The topological polar surface area (TPSA) is 97.4 Å². The summed E-state index contributed by atoms with van der Waals surface area (Å²) in [6.07, 6.45) is 7.35. The Balaban J connectivity index is 1.51. The van der Waals surface area contributed by atoms with Crippen molar-refractivity contribution in [1.29, 1.82) is 0 Å². The Kier molecular flexibility index (Phi) is 7.00. The Labute approximate surface area is 211 Å². The lowest BCUT2D eigenvalue weighted by atomic mass is 9.99. The van der Waals surface area contributed by atoms with E-state index in [1.54, 1.807) is 57.2 Å². The van der Waals surface area contributed by atoms with Crippen LogP contribution in [0.1, 0.15) is 27.2 Å². The quantitative estimate of drug-likeness (QED) is 0.412. The number of amides is 1. The van der Waals surface area contributed by atoms with Crippen LogP contribution in [0.3, 0.4) is 0 Å². The minimum Gasteiger partial charge on any atom is -0.465 e. The molecule has 2 aliphatic rings. The molecule has 1 amide bonds. The van der Waals surface area contributed by atoms with E-state index in [0.29, 0.717) is 44.9 Å². The first-order chi connectivity index (χ1) is 16.6. The monoisotopic (exact) mass is 517 g/mol. The van der Waals surface area contributed by atoms with E-state index in [2.05, 4.69) is 25.9 Å². The normalized spacial score (nSPS) is 14.9. The van der Waals surface area contributed by atoms with Crippen molar-refractivity contribution >= 4 is 46.7 Å². The van der Waals surface area contributed by atoms with Crippen LogP contribution in [0.25, 0.3) is 0 Å². The number of nitrogens with one attached hydrogen (secondary N) is 3. The van der Waals surface area contributed by atoms with Crippen molar-refractivity contribution in [2.75, 3.05) is 10.6 Å². The third kappa shape index (κ3) is 6.32. The van der Waals surface area contributed by atoms with Crippen molar-refractivity contribution < 1.29 is 18.7 Å². The second-order valence-electron chi connectivity index (χ2n) is 8.61. The molecule has 1 aromatic heterocycles. The van der Waals surface area contributed by atoms with Crippen molar-refractivity contribution in [3.63, 3.8) is 0 Å².